The third kappa shape index (κ3) is 2.00. The Morgan fingerprint density at radius 3 is 2.80 bits per heavy atom. The number of aliphatic hydroxyl groups excluding tert-OH is 2. The zero-order valence-corrected chi connectivity index (χ0v) is 8.26. The highest BCUT2D eigenvalue weighted by Gasteiger charge is 2.39. The number of hydrogen-bond donors (Lipinski definition) is 3. The van der Waals surface area contributed by atoms with Gasteiger partial charge in [-0.3, -0.25) is 10.3 Å². The molecule has 2 heterocycles. The quantitative estimate of drug-likeness (QED) is 0.622. The zero-order chi connectivity index (χ0) is 10.7. The molecule has 1 fully saturated rings. The van der Waals surface area contributed by atoms with Crippen LogP contribution in [0.25, 0.3) is 0 Å². The van der Waals surface area contributed by atoms with Gasteiger partial charge in [0.05, 0.1) is 31.1 Å². The van der Waals surface area contributed by atoms with Gasteiger partial charge in [0, 0.05) is 6.20 Å². The van der Waals surface area contributed by atoms with E-state index in [0.717, 1.165) is 5.69 Å². The van der Waals surface area contributed by atoms with Gasteiger partial charge in [0.2, 0.25) is 0 Å². The lowest BCUT2D eigenvalue weighted by molar-refractivity contribution is 0.0748. The molecule has 15 heavy (non-hydrogen) atoms. The second kappa shape index (κ2) is 4.24. The first-order valence-electron chi connectivity index (χ1n) is 4.82. The summed E-state index contributed by atoms with van der Waals surface area (Å²) in [6.07, 6.45) is 1.32. The molecule has 1 aromatic heterocycles. The lowest BCUT2D eigenvalue weighted by Crippen LogP contribution is -2.49. The Kier molecular flexibility index (Phi) is 2.97. The van der Waals surface area contributed by atoms with Crippen LogP contribution in [-0.2, 0) is 4.74 Å². The van der Waals surface area contributed by atoms with Crippen LogP contribution in [0.1, 0.15) is 11.9 Å². The van der Waals surface area contributed by atoms with Crippen LogP contribution in [0.5, 0.6) is 0 Å². The molecule has 1 saturated heterocycles. The Hall–Kier alpha value is -1.01. The summed E-state index contributed by atoms with van der Waals surface area (Å²) in [5.41, 5.74) is 0.00335. The molecule has 0 aliphatic carbocycles. The normalized spacial score (nSPS) is 24.3. The van der Waals surface area contributed by atoms with Gasteiger partial charge in [-0.15, -0.1) is 0 Å². The van der Waals surface area contributed by atoms with Crippen molar-refractivity contribution in [3.05, 3.63) is 30.1 Å². The number of pyridine rings is 1. The molecule has 0 radical (unpaired) electrons. The van der Waals surface area contributed by atoms with Crippen molar-refractivity contribution in [1.29, 1.82) is 0 Å². The fourth-order valence-corrected chi connectivity index (χ4v) is 1.53. The third-order valence-corrected chi connectivity index (χ3v) is 2.53. The molecule has 0 amide bonds. The second-order valence-electron chi connectivity index (χ2n) is 3.69. The summed E-state index contributed by atoms with van der Waals surface area (Å²) in [6.45, 7) is -0.0408. The predicted molar refractivity (Wildman–Crippen MR) is 53.0 cm³/mol. The number of rotatable bonds is 3. The monoisotopic (exact) mass is 210 g/mol. The predicted octanol–water partition coefficient (Wildman–Crippen LogP) is -0.577. The van der Waals surface area contributed by atoms with Crippen LogP contribution in [0.2, 0.25) is 0 Å². The van der Waals surface area contributed by atoms with Crippen molar-refractivity contribution in [1.82, 2.24) is 10.3 Å². The molecule has 2 rings (SSSR count). The summed E-state index contributed by atoms with van der Waals surface area (Å²) < 4.78 is 5.44. The van der Waals surface area contributed by atoms with Crippen molar-refractivity contribution in [2.75, 3.05) is 19.8 Å². The number of aliphatic hydroxyl groups is 2. The molecule has 0 saturated carbocycles. The summed E-state index contributed by atoms with van der Waals surface area (Å²) in [5, 5.41) is 21.4. The van der Waals surface area contributed by atoms with E-state index in [1.807, 2.05) is 18.2 Å². The van der Waals surface area contributed by atoms with Gasteiger partial charge in [-0.25, -0.2) is 0 Å². The summed E-state index contributed by atoms with van der Waals surface area (Å²) in [7, 11) is 0. The SMILES string of the molecule is OCC1(CO)COC(c2ccccn2)N1. The lowest BCUT2D eigenvalue weighted by Gasteiger charge is -2.22. The molecule has 1 aliphatic heterocycles. The average molecular weight is 210 g/mol. The number of nitrogens with one attached hydrogen (secondary N) is 1. The van der Waals surface area contributed by atoms with Crippen molar-refractivity contribution in [2.24, 2.45) is 0 Å². The van der Waals surface area contributed by atoms with Crippen molar-refractivity contribution >= 4 is 0 Å². The first kappa shape index (κ1) is 10.5. The standard InChI is InChI=1S/C10H14N2O3/c13-5-10(6-14)7-15-9(12-10)8-3-1-2-4-11-8/h1-4,9,12-14H,5-7H2. The Labute approximate surface area is 87.7 Å². The molecule has 82 valence electrons. The molecule has 0 spiro atoms. The summed E-state index contributed by atoms with van der Waals surface area (Å²) in [6, 6.07) is 5.53. The second-order valence-corrected chi connectivity index (χ2v) is 3.69. The van der Waals surface area contributed by atoms with Crippen LogP contribution in [0.15, 0.2) is 24.4 Å². The van der Waals surface area contributed by atoms with Crippen molar-refractivity contribution in [3.63, 3.8) is 0 Å². The molecule has 0 aromatic carbocycles. The number of aromatic nitrogens is 1. The number of ether oxygens (including phenoxy) is 1. The summed E-state index contributed by atoms with van der Waals surface area (Å²) >= 11 is 0. The van der Waals surface area contributed by atoms with Gasteiger partial charge in [-0.1, -0.05) is 6.07 Å². The van der Waals surface area contributed by atoms with Gasteiger partial charge < -0.3 is 14.9 Å². The minimum atomic E-state index is -0.748. The highest BCUT2D eigenvalue weighted by Crippen LogP contribution is 2.24. The van der Waals surface area contributed by atoms with Crippen LogP contribution in [0.4, 0.5) is 0 Å². The Balaban J connectivity index is 2.10. The number of nitrogens with zero attached hydrogens (tertiary/aromatic N) is 1. The minimum absolute atomic E-state index is 0.160. The van der Waals surface area contributed by atoms with Gasteiger partial charge in [-0.05, 0) is 12.1 Å². The fraction of sp³-hybridized carbons (Fsp3) is 0.500. The van der Waals surface area contributed by atoms with Gasteiger partial charge in [0.25, 0.3) is 0 Å². The van der Waals surface area contributed by atoms with Gasteiger partial charge in [0.1, 0.15) is 0 Å². The molecule has 1 atom stereocenters. The Morgan fingerprint density at radius 2 is 2.27 bits per heavy atom. The largest absolute Gasteiger partial charge is 0.394 e. The molecule has 5 heteroatoms. The van der Waals surface area contributed by atoms with Crippen LogP contribution in [0, 0.1) is 0 Å². The molecule has 1 aliphatic rings. The van der Waals surface area contributed by atoms with Crippen molar-refractivity contribution in [2.45, 2.75) is 11.8 Å². The Morgan fingerprint density at radius 1 is 1.47 bits per heavy atom. The van der Waals surface area contributed by atoms with Crippen LogP contribution in [-0.4, -0.2) is 40.6 Å². The number of hydrogen-bond acceptors (Lipinski definition) is 5. The maximum atomic E-state index is 9.16. The topological polar surface area (TPSA) is 74.6 Å². The maximum Gasteiger partial charge on any atom is 0.152 e. The molecule has 1 unspecified atom stereocenters. The van der Waals surface area contributed by atoms with E-state index < -0.39 is 5.54 Å². The van der Waals surface area contributed by atoms with Crippen molar-refractivity contribution < 1.29 is 14.9 Å². The summed E-state index contributed by atoms with van der Waals surface area (Å²) in [4.78, 5) is 4.14. The summed E-state index contributed by atoms with van der Waals surface area (Å²) in [5.74, 6) is 0. The first-order valence-corrected chi connectivity index (χ1v) is 4.82. The van der Waals surface area contributed by atoms with Crippen molar-refractivity contribution in [3.8, 4) is 0 Å². The molecular formula is C10H14N2O3. The van der Waals surface area contributed by atoms with E-state index in [-0.39, 0.29) is 26.0 Å². The van der Waals surface area contributed by atoms with Crippen LogP contribution < -0.4 is 5.32 Å². The van der Waals surface area contributed by atoms with E-state index in [4.69, 9.17) is 14.9 Å². The van der Waals surface area contributed by atoms with E-state index in [1.54, 1.807) is 6.20 Å². The van der Waals surface area contributed by atoms with E-state index in [1.165, 1.54) is 0 Å². The van der Waals surface area contributed by atoms with Gasteiger partial charge in [0.15, 0.2) is 6.23 Å². The fourth-order valence-electron chi connectivity index (χ4n) is 1.53. The third-order valence-electron chi connectivity index (χ3n) is 2.53. The lowest BCUT2D eigenvalue weighted by atomic mass is 10.1. The van der Waals surface area contributed by atoms with Crippen LogP contribution >= 0.6 is 0 Å². The molecule has 5 nitrogen and oxygen atoms in total. The highest BCUT2D eigenvalue weighted by molar-refractivity contribution is 5.10. The first-order chi connectivity index (χ1) is 7.29. The smallest absolute Gasteiger partial charge is 0.152 e. The van der Waals surface area contributed by atoms with E-state index in [9.17, 15) is 0 Å². The van der Waals surface area contributed by atoms with E-state index in [2.05, 4.69) is 10.3 Å². The molecular weight excluding hydrogens is 196 g/mol. The van der Waals surface area contributed by atoms with Gasteiger partial charge in [-0.2, -0.15) is 0 Å². The molecule has 3 N–H and O–H groups in total. The minimum Gasteiger partial charge on any atom is -0.394 e. The van der Waals surface area contributed by atoms with Crippen LogP contribution in [0.3, 0.4) is 0 Å². The molecule has 0 bridgehead atoms. The zero-order valence-electron chi connectivity index (χ0n) is 8.26. The molecule has 1 aromatic rings. The van der Waals surface area contributed by atoms with E-state index in [0.29, 0.717) is 0 Å². The van der Waals surface area contributed by atoms with E-state index >= 15 is 0 Å². The highest BCUT2D eigenvalue weighted by atomic mass is 16.5. The van der Waals surface area contributed by atoms with Gasteiger partial charge >= 0.3 is 0 Å². The Bertz CT molecular complexity index is 314. The average Bonchev–Trinajstić information content (AvgIpc) is 2.75. The maximum absolute atomic E-state index is 9.16.